The van der Waals surface area contributed by atoms with Crippen LogP contribution in [0.3, 0.4) is 0 Å². The summed E-state index contributed by atoms with van der Waals surface area (Å²) in [5, 5.41) is 4.54. The maximum absolute atomic E-state index is 12.7. The predicted molar refractivity (Wildman–Crippen MR) is 128 cm³/mol. The molecule has 0 aliphatic rings. The van der Waals surface area contributed by atoms with Crippen molar-refractivity contribution in [2.75, 3.05) is 14.2 Å². The van der Waals surface area contributed by atoms with Crippen LogP contribution in [-0.4, -0.2) is 41.9 Å². The minimum absolute atomic E-state index is 0.0346. The molecule has 0 amide bonds. The van der Waals surface area contributed by atoms with Crippen LogP contribution in [0, 0.1) is 6.92 Å². The summed E-state index contributed by atoms with van der Waals surface area (Å²) in [6, 6.07) is 22.4. The van der Waals surface area contributed by atoms with Crippen LogP contribution >= 0.6 is 0 Å². The van der Waals surface area contributed by atoms with E-state index in [1.807, 2.05) is 25.1 Å². The van der Waals surface area contributed by atoms with E-state index in [4.69, 9.17) is 14.2 Å². The van der Waals surface area contributed by atoms with Crippen molar-refractivity contribution in [3.8, 4) is 22.7 Å². The van der Waals surface area contributed by atoms with E-state index in [1.165, 1.54) is 18.9 Å². The zero-order valence-corrected chi connectivity index (χ0v) is 19.3. The summed E-state index contributed by atoms with van der Waals surface area (Å²) >= 11 is 0. The van der Waals surface area contributed by atoms with Crippen LogP contribution < -0.4 is 4.74 Å². The standard InChI is InChI=1S/C27H22N2O6/c1-17-9-11-19(12-10-17)25(30)35-21-15-13-18(14-16-21)23-22(26(31)33-2)24(27(32)34-3)29(28-23)20-7-5-4-6-8-20/h4-16H,1-3H3. The Balaban J connectivity index is 1.74. The Kier molecular flexibility index (Phi) is 6.73. The summed E-state index contributed by atoms with van der Waals surface area (Å²) in [6.07, 6.45) is 0. The van der Waals surface area contributed by atoms with Gasteiger partial charge in [-0.25, -0.2) is 19.1 Å². The van der Waals surface area contributed by atoms with E-state index < -0.39 is 17.9 Å². The Morgan fingerprint density at radius 1 is 0.743 bits per heavy atom. The molecule has 0 spiro atoms. The highest BCUT2D eigenvalue weighted by atomic mass is 16.5. The number of aromatic nitrogens is 2. The van der Waals surface area contributed by atoms with Crippen molar-refractivity contribution in [1.82, 2.24) is 9.78 Å². The van der Waals surface area contributed by atoms with Crippen LogP contribution in [0.1, 0.15) is 36.8 Å². The molecule has 0 aliphatic carbocycles. The number of hydrogen-bond acceptors (Lipinski definition) is 7. The molecule has 3 aromatic carbocycles. The molecule has 1 heterocycles. The molecular weight excluding hydrogens is 448 g/mol. The fraction of sp³-hybridized carbons (Fsp3) is 0.111. The average molecular weight is 470 g/mol. The normalized spacial score (nSPS) is 10.5. The Labute approximate surface area is 201 Å². The summed E-state index contributed by atoms with van der Waals surface area (Å²) < 4.78 is 16.7. The van der Waals surface area contributed by atoms with E-state index in [1.54, 1.807) is 60.7 Å². The van der Waals surface area contributed by atoms with Crippen LogP contribution in [0.2, 0.25) is 0 Å². The van der Waals surface area contributed by atoms with Gasteiger partial charge < -0.3 is 14.2 Å². The maximum Gasteiger partial charge on any atom is 0.357 e. The molecule has 0 saturated carbocycles. The van der Waals surface area contributed by atoms with Crippen LogP contribution in [0.4, 0.5) is 0 Å². The van der Waals surface area contributed by atoms with Crippen LogP contribution in [0.5, 0.6) is 5.75 Å². The molecule has 1 aromatic heterocycles. The molecule has 8 heteroatoms. The van der Waals surface area contributed by atoms with Gasteiger partial charge in [-0.15, -0.1) is 0 Å². The highest BCUT2D eigenvalue weighted by Gasteiger charge is 2.31. The largest absolute Gasteiger partial charge is 0.465 e. The van der Waals surface area contributed by atoms with Crippen molar-refractivity contribution in [3.63, 3.8) is 0 Å². The van der Waals surface area contributed by atoms with Crippen molar-refractivity contribution >= 4 is 17.9 Å². The Bertz CT molecular complexity index is 1370. The van der Waals surface area contributed by atoms with Gasteiger partial charge in [0, 0.05) is 5.56 Å². The highest BCUT2D eigenvalue weighted by molar-refractivity contribution is 6.06. The molecule has 0 N–H and O–H groups in total. The van der Waals surface area contributed by atoms with Gasteiger partial charge in [-0.3, -0.25) is 0 Å². The number of hydrogen-bond donors (Lipinski definition) is 0. The Morgan fingerprint density at radius 3 is 1.97 bits per heavy atom. The fourth-order valence-electron chi connectivity index (χ4n) is 3.49. The number of rotatable bonds is 6. The first kappa shape index (κ1) is 23.4. The maximum atomic E-state index is 12.7. The number of benzene rings is 3. The van der Waals surface area contributed by atoms with Gasteiger partial charge in [-0.05, 0) is 55.5 Å². The minimum Gasteiger partial charge on any atom is -0.465 e. The van der Waals surface area contributed by atoms with Crippen LogP contribution in [0.15, 0.2) is 78.9 Å². The van der Waals surface area contributed by atoms with Crippen LogP contribution in [0.25, 0.3) is 16.9 Å². The molecule has 4 rings (SSSR count). The quantitative estimate of drug-likeness (QED) is 0.299. The smallest absolute Gasteiger partial charge is 0.357 e. The lowest BCUT2D eigenvalue weighted by Gasteiger charge is -2.07. The lowest BCUT2D eigenvalue weighted by atomic mass is 10.1. The van der Waals surface area contributed by atoms with Gasteiger partial charge in [-0.2, -0.15) is 5.10 Å². The van der Waals surface area contributed by atoms with Gasteiger partial charge in [-0.1, -0.05) is 35.9 Å². The number of para-hydroxylation sites is 1. The van der Waals surface area contributed by atoms with Gasteiger partial charge in [0.15, 0.2) is 5.69 Å². The van der Waals surface area contributed by atoms with E-state index in [-0.39, 0.29) is 17.0 Å². The predicted octanol–water partition coefficient (Wildman–Crippen LogP) is 4.64. The Hall–Kier alpha value is -4.72. The van der Waals surface area contributed by atoms with Gasteiger partial charge >= 0.3 is 17.9 Å². The van der Waals surface area contributed by atoms with Gasteiger partial charge in [0.05, 0.1) is 25.5 Å². The van der Waals surface area contributed by atoms with Crippen molar-refractivity contribution in [2.45, 2.75) is 6.92 Å². The molecule has 0 bridgehead atoms. The molecule has 0 aliphatic heterocycles. The molecular formula is C27H22N2O6. The number of nitrogens with zero attached hydrogens (tertiary/aromatic N) is 2. The molecule has 176 valence electrons. The molecule has 35 heavy (non-hydrogen) atoms. The zero-order valence-electron chi connectivity index (χ0n) is 19.3. The third-order valence-electron chi connectivity index (χ3n) is 5.28. The number of ether oxygens (including phenoxy) is 3. The molecule has 0 fully saturated rings. The zero-order chi connectivity index (χ0) is 24.9. The first-order valence-electron chi connectivity index (χ1n) is 10.7. The van der Waals surface area contributed by atoms with Gasteiger partial charge in [0.1, 0.15) is 17.0 Å². The highest BCUT2D eigenvalue weighted by Crippen LogP contribution is 2.30. The fourth-order valence-corrected chi connectivity index (χ4v) is 3.49. The topological polar surface area (TPSA) is 96.7 Å². The Morgan fingerprint density at radius 2 is 1.37 bits per heavy atom. The third-order valence-corrected chi connectivity index (χ3v) is 5.28. The lowest BCUT2D eigenvalue weighted by molar-refractivity contribution is 0.0549. The molecule has 0 atom stereocenters. The summed E-state index contributed by atoms with van der Waals surface area (Å²) in [6.45, 7) is 1.93. The van der Waals surface area contributed by atoms with E-state index >= 15 is 0 Å². The van der Waals surface area contributed by atoms with Crippen molar-refractivity contribution in [1.29, 1.82) is 0 Å². The number of carbonyl (C=O) groups excluding carboxylic acids is 3. The number of methoxy groups -OCH3 is 2. The van der Waals surface area contributed by atoms with Gasteiger partial charge in [0.2, 0.25) is 0 Å². The van der Waals surface area contributed by atoms with E-state index in [9.17, 15) is 14.4 Å². The number of carbonyl (C=O) groups is 3. The summed E-state index contributed by atoms with van der Waals surface area (Å²) in [7, 11) is 2.45. The molecule has 0 unspecified atom stereocenters. The van der Waals surface area contributed by atoms with E-state index in [0.29, 0.717) is 22.6 Å². The van der Waals surface area contributed by atoms with E-state index in [2.05, 4.69) is 5.10 Å². The SMILES string of the molecule is COC(=O)c1c(-c2ccc(OC(=O)c3ccc(C)cc3)cc2)nn(-c2ccccc2)c1C(=O)OC. The second kappa shape index (κ2) is 10.0. The summed E-state index contributed by atoms with van der Waals surface area (Å²) in [5.74, 6) is -1.65. The second-order valence-corrected chi connectivity index (χ2v) is 7.58. The molecule has 0 radical (unpaired) electrons. The summed E-state index contributed by atoms with van der Waals surface area (Å²) in [5.41, 5.74) is 2.67. The van der Waals surface area contributed by atoms with Crippen LogP contribution in [-0.2, 0) is 9.47 Å². The van der Waals surface area contributed by atoms with Gasteiger partial charge in [0.25, 0.3) is 0 Å². The monoisotopic (exact) mass is 470 g/mol. The molecule has 4 aromatic rings. The summed E-state index contributed by atoms with van der Waals surface area (Å²) in [4.78, 5) is 37.8. The van der Waals surface area contributed by atoms with Crippen molar-refractivity contribution < 1.29 is 28.6 Å². The third kappa shape index (κ3) is 4.81. The number of esters is 3. The van der Waals surface area contributed by atoms with Crippen molar-refractivity contribution in [2.24, 2.45) is 0 Å². The first-order valence-corrected chi connectivity index (χ1v) is 10.7. The lowest BCUT2D eigenvalue weighted by Crippen LogP contribution is -2.15. The molecule has 0 saturated heterocycles. The average Bonchev–Trinajstić information content (AvgIpc) is 3.30. The number of aryl methyl sites for hydroxylation is 1. The molecule has 8 nitrogen and oxygen atoms in total. The first-order chi connectivity index (χ1) is 16.9. The van der Waals surface area contributed by atoms with E-state index in [0.717, 1.165) is 5.56 Å². The minimum atomic E-state index is -0.739. The second-order valence-electron chi connectivity index (χ2n) is 7.58. The van der Waals surface area contributed by atoms with Crippen molar-refractivity contribution in [3.05, 3.63) is 101 Å².